The lowest BCUT2D eigenvalue weighted by atomic mass is 10.6. The molecule has 0 aliphatic rings. The Hall–Kier alpha value is -1.32. The Bertz CT molecular complexity index is 178. The van der Waals surface area contributed by atoms with Gasteiger partial charge in [0.05, 0.1) is 6.34 Å². The van der Waals surface area contributed by atoms with Crippen LogP contribution in [-0.4, -0.2) is 37.5 Å². The Morgan fingerprint density at radius 2 is 2.42 bits per heavy atom. The summed E-state index contributed by atoms with van der Waals surface area (Å²) in [5.41, 5.74) is 0. The summed E-state index contributed by atoms with van der Waals surface area (Å²) in [7, 11) is 1.60. The van der Waals surface area contributed by atoms with E-state index in [0.717, 1.165) is 0 Å². The number of nitrogens with zero attached hydrogens (tertiary/aromatic N) is 2. The van der Waals surface area contributed by atoms with Crippen molar-refractivity contribution in [3.8, 4) is 0 Å². The zero-order chi connectivity index (χ0) is 9.40. The molecule has 0 fully saturated rings. The molecule has 68 valence electrons. The second kappa shape index (κ2) is 6.39. The maximum absolute atomic E-state index is 11.1. The number of aliphatic imine (C=N–C) groups is 1. The zero-order valence-electron chi connectivity index (χ0n) is 7.49. The van der Waals surface area contributed by atoms with Crippen molar-refractivity contribution in [1.29, 1.82) is 0 Å². The van der Waals surface area contributed by atoms with Gasteiger partial charge in [-0.2, -0.15) is 0 Å². The summed E-state index contributed by atoms with van der Waals surface area (Å²) in [5.74, 6) is 0. The van der Waals surface area contributed by atoms with E-state index >= 15 is 0 Å². The van der Waals surface area contributed by atoms with Crippen LogP contribution in [0.3, 0.4) is 0 Å². The molecular formula is C8H14N2O2. The average Bonchev–Trinajstić information content (AvgIpc) is 2.10. The van der Waals surface area contributed by atoms with Gasteiger partial charge >= 0.3 is 6.09 Å². The predicted molar refractivity (Wildman–Crippen MR) is 48.3 cm³/mol. The van der Waals surface area contributed by atoms with Gasteiger partial charge in [0.15, 0.2) is 0 Å². The van der Waals surface area contributed by atoms with Crippen LogP contribution in [0.15, 0.2) is 17.6 Å². The molecule has 4 heteroatoms. The van der Waals surface area contributed by atoms with E-state index in [2.05, 4.69) is 11.6 Å². The molecule has 12 heavy (non-hydrogen) atoms. The molecule has 0 radical (unpaired) electrons. The number of hydrogen-bond donors (Lipinski definition) is 0. The second-order valence-corrected chi connectivity index (χ2v) is 2.03. The van der Waals surface area contributed by atoms with Crippen molar-refractivity contribution in [1.82, 2.24) is 4.90 Å². The molecule has 0 saturated carbocycles. The molecule has 0 aromatic rings. The lowest BCUT2D eigenvalue weighted by Crippen LogP contribution is -2.30. The van der Waals surface area contributed by atoms with Crippen molar-refractivity contribution in [2.24, 2.45) is 4.99 Å². The van der Waals surface area contributed by atoms with E-state index in [1.54, 1.807) is 7.05 Å². The normalized spacial score (nSPS) is 9.83. The van der Waals surface area contributed by atoms with Gasteiger partial charge in [0.1, 0.15) is 6.61 Å². The van der Waals surface area contributed by atoms with Crippen molar-refractivity contribution >= 4 is 12.4 Å². The summed E-state index contributed by atoms with van der Waals surface area (Å²) in [6, 6.07) is 0. The topological polar surface area (TPSA) is 41.9 Å². The van der Waals surface area contributed by atoms with Gasteiger partial charge in [0, 0.05) is 13.6 Å². The molecule has 0 bridgehead atoms. The minimum Gasteiger partial charge on any atom is -0.445 e. The number of ether oxygens (including phenoxy) is 1. The molecule has 0 aromatic heterocycles. The smallest absolute Gasteiger partial charge is 0.415 e. The van der Waals surface area contributed by atoms with Gasteiger partial charge in [0.2, 0.25) is 0 Å². The molecule has 0 aliphatic carbocycles. The fourth-order valence-corrected chi connectivity index (χ4v) is 0.610. The minimum atomic E-state index is -0.400. The fraction of sp³-hybridized carbons (Fsp3) is 0.500. The highest BCUT2D eigenvalue weighted by atomic mass is 16.6. The molecule has 0 atom stereocenters. The van der Waals surface area contributed by atoms with E-state index in [1.165, 1.54) is 17.3 Å². The molecule has 0 rings (SSSR count). The molecule has 0 aromatic carbocycles. The number of amides is 1. The van der Waals surface area contributed by atoms with Crippen LogP contribution in [0, 0.1) is 0 Å². The number of rotatable bonds is 4. The van der Waals surface area contributed by atoms with E-state index in [1.807, 2.05) is 6.92 Å². The van der Waals surface area contributed by atoms with Crippen molar-refractivity contribution in [2.75, 3.05) is 20.2 Å². The van der Waals surface area contributed by atoms with Crippen LogP contribution >= 0.6 is 0 Å². The largest absolute Gasteiger partial charge is 0.445 e. The molecule has 4 nitrogen and oxygen atoms in total. The van der Waals surface area contributed by atoms with Gasteiger partial charge in [-0.05, 0) is 6.92 Å². The molecule has 0 heterocycles. The maximum atomic E-state index is 11.1. The van der Waals surface area contributed by atoms with E-state index in [4.69, 9.17) is 4.74 Å². The highest BCUT2D eigenvalue weighted by Crippen LogP contribution is 1.90. The third kappa shape index (κ3) is 3.75. The summed E-state index contributed by atoms with van der Waals surface area (Å²) in [5, 5.41) is 0. The van der Waals surface area contributed by atoms with Gasteiger partial charge < -0.3 is 4.74 Å². The first-order valence-electron chi connectivity index (χ1n) is 3.72. The minimum absolute atomic E-state index is 0.229. The number of carbonyl (C=O) groups is 1. The predicted octanol–water partition coefficient (Wildman–Crippen LogP) is 1.29. The summed E-state index contributed by atoms with van der Waals surface area (Å²) < 4.78 is 4.77. The van der Waals surface area contributed by atoms with Crippen LogP contribution in [0.4, 0.5) is 4.79 Å². The lowest BCUT2D eigenvalue weighted by molar-refractivity contribution is 0.136. The van der Waals surface area contributed by atoms with Crippen LogP contribution < -0.4 is 0 Å². The number of hydrogen-bond acceptors (Lipinski definition) is 3. The maximum Gasteiger partial charge on any atom is 0.415 e. The highest BCUT2D eigenvalue weighted by Gasteiger charge is 2.08. The SMILES string of the molecule is C=CCOC(=O)N(C=NC)CC. The van der Waals surface area contributed by atoms with Gasteiger partial charge in [0.25, 0.3) is 0 Å². The van der Waals surface area contributed by atoms with Crippen LogP contribution in [0.2, 0.25) is 0 Å². The molecular weight excluding hydrogens is 156 g/mol. The lowest BCUT2D eigenvalue weighted by Gasteiger charge is -2.13. The van der Waals surface area contributed by atoms with Crippen molar-refractivity contribution in [3.63, 3.8) is 0 Å². The van der Waals surface area contributed by atoms with E-state index in [0.29, 0.717) is 6.54 Å². The summed E-state index contributed by atoms with van der Waals surface area (Å²) in [6.07, 6.45) is 2.56. The van der Waals surface area contributed by atoms with Crippen LogP contribution in [0.5, 0.6) is 0 Å². The Morgan fingerprint density at radius 1 is 1.75 bits per heavy atom. The average molecular weight is 170 g/mol. The molecule has 0 spiro atoms. The van der Waals surface area contributed by atoms with Crippen LogP contribution in [-0.2, 0) is 4.74 Å². The third-order valence-electron chi connectivity index (χ3n) is 1.15. The van der Waals surface area contributed by atoms with Crippen molar-refractivity contribution in [2.45, 2.75) is 6.92 Å². The Labute approximate surface area is 72.5 Å². The molecule has 0 N–H and O–H groups in total. The first-order valence-corrected chi connectivity index (χ1v) is 3.72. The van der Waals surface area contributed by atoms with Crippen molar-refractivity contribution < 1.29 is 9.53 Å². The first-order chi connectivity index (χ1) is 5.76. The Balaban J connectivity index is 3.93. The first kappa shape index (κ1) is 10.7. The van der Waals surface area contributed by atoms with E-state index in [9.17, 15) is 4.79 Å². The van der Waals surface area contributed by atoms with Crippen molar-refractivity contribution in [3.05, 3.63) is 12.7 Å². The second-order valence-electron chi connectivity index (χ2n) is 2.03. The third-order valence-corrected chi connectivity index (χ3v) is 1.15. The molecule has 0 unspecified atom stereocenters. The van der Waals surface area contributed by atoms with Crippen LogP contribution in [0.1, 0.15) is 6.92 Å². The van der Waals surface area contributed by atoms with Gasteiger partial charge in [-0.25, -0.2) is 4.79 Å². The van der Waals surface area contributed by atoms with Gasteiger partial charge in [-0.1, -0.05) is 12.7 Å². The highest BCUT2D eigenvalue weighted by molar-refractivity contribution is 5.82. The summed E-state index contributed by atoms with van der Waals surface area (Å²) >= 11 is 0. The van der Waals surface area contributed by atoms with E-state index < -0.39 is 6.09 Å². The molecule has 0 aliphatic heterocycles. The summed E-state index contributed by atoms with van der Waals surface area (Å²) in [4.78, 5) is 16.2. The zero-order valence-corrected chi connectivity index (χ0v) is 7.49. The quantitative estimate of drug-likeness (QED) is 0.362. The molecule has 1 amide bonds. The fourth-order valence-electron chi connectivity index (χ4n) is 0.610. The number of carbonyl (C=O) groups excluding carboxylic acids is 1. The molecule has 0 saturated heterocycles. The monoisotopic (exact) mass is 170 g/mol. The van der Waals surface area contributed by atoms with Gasteiger partial charge in [-0.15, -0.1) is 0 Å². The Morgan fingerprint density at radius 3 is 2.83 bits per heavy atom. The van der Waals surface area contributed by atoms with E-state index in [-0.39, 0.29) is 6.61 Å². The Kier molecular flexibility index (Phi) is 5.69. The standard InChI is InChI=1S/C8H14N2O2/c1-4-6-12-8(11)10(5-2)7-9-3/h4,7H,1,5-6H2,2-3H3. The van der Waals surface area contributed by atoms with Gasteiger partial charge in [-0.3, -0.25) is 9.89 Å². The van der Waals surface area contributed by atoms with Crippen LogP contribution in [0.25, 0.3) is 0 Å². The summed E-state index contributed by atoms with van der Waals surface area (Å²) in [6.45, 7) is 6.06.